The van der Waals surface area contributed by atoms with Crippen molar-refractivity contribution in [2.45, 2.75) is 71.2 Å². The van der Waals surface area contributed by atoms with Crippen LogP contribution in [0.2, 0.25) is 0 Å². The maximum Gasteiger partial charge on any atom is 0.410 e. The van der Waals surface area contributed by atoms with Crippen LogP contribution in [0.25, 0.3) is 10.9 Å². The van der Waals surface area contributed by atoms with Gasteiger partial charge in [0.1, 0.15) is 5.60 Å². The predicted molar refractivity (Wildman–Crippen MR) is 121 cm³/mol. The van der Waals surface area contributed by atoms with E-state index in [1.165, 1.54) is 4.90 Å². The molecule has 0 aliphatic carbocycles. The number of carbonyl (C=O) groups is 3. The van der Waals surface area contributed by atoms with E-state index in [9.17, 15) is 14.4 Å². The lowest BCUT2D eigenvalue weighted by Crippen LogP contribution is -2.43. The van der Waals surface area contributed by atoms with Crippen molar-refractivity contribution in [3.63, 3.8) is 0 Å². The zero-order valence-electron chi connectivity index (χ0n) is 19.6. The van der Waals surface area contributed by atoms with Gasteiger partial charge in [-0.3, -0.25) is 14.3 Å². The third-order valence-electron chi connectivity index (χ3n) is 5.40. The SMILES string of the molecule is CNC(=O)C[C@@H]1C[C@H](NC(=O)c2nn(C(C)C)c3ccccc23)CN1C(=O)OC(C)(C)C. The van der Waals surface area contributed by atoms with Gasteiger partial charge in [-0.2, -0.15) is 5.10 Å². The van der Waals surface area contributed by atoms with Gasteiger partial charge in [0.2, 0.25) is 5.91 Å². The summed E-state index contributed by atoms with van der Waals surface area (Å²) in [6.45, 7) is 9.68. The van der Waals surface area contributed by atoms with Crippen molar-refractivity contribution in [3.05, 3.63) is 30.0 Å². The minimum atomic E-state index is -0.654. The molecule has 32 heavy (non-hydrogen) atoms. The Kier molecular flexibility index (Phi) is 6.76. The van der Waals surface area contributed by atoms with Crippen molar-refractivity contribution in [2.24, 2.45) is 0 Å². The second-order valence-electron chi connectivity index (χ2n) is 9.47. The highest BCUT2D eigenvalue weighted by Gasteiger charge is 2.39. The van der Waals surface area contributed by atoms with Crippen LogP contribution in [-0.4, -0.2) is 63.9 Å². The van der Waals surface area contributed by atoms with E-state index >= 15 is 0 Å². The second kappa shape index (κ2) is 9.18. The van der Waals surface area contributed by atoms with E-state index in [2.05, 4.69) is 15.7 Å². The fourth-order valence-electron chi connectivity index (χ4n) is 3.98. The summed E-state index contributed by atoms with van der Waals surface area (Å²) in [4.78, 5) is 39.4. The molecule has 2 atom stereocenters. The first kappa shape index (κ1) is 23.6. The molecule has 9 nitrogen and oxygen atoms in total. The van der Waals surface area contributed by atoms with Crippen molar-refractivity contribution in [1.82, 2.24) is 25.3 Å². The van der Waals surface area contributed by atoms with Gasteiger partial charge in [-0.05, 0) is 47.1 Å². The minimum absolute atomic E-state index is 0.104. The number of benzene rings is 1. The molecule has 2 aromatic rings. The van der Waals surface area contributed by atoms with Gasteiger partial charge >= 0.3 is 6.09 Å². The van der Waals surface area contributed by atoms with Crippen molar-refractivity contribution in [2.75, 3.05) is 13.6 Å². The second-order valence-corrected chi connectivity index (χ2v) is 9.47. The first-order valence-electron chi connectivity index (χ1n) is 11.0. The lowest BCUT2D eigenvalue weighted by Gasteiger charge is -2.28. The van der Waals surface area contributed by atoms with Crippen LogP contribution in [0.1, 0.15) is 64.0 Å². The Hall–Kier alpha value is -3.10. The molecule has 3 rings (SSSR count). The Morgan fingerprint density at radius 2 is 1.91 bits per heavy atom. The molecule has 1 aromatic heterocycles. The molecule has 2 N–H and O–H groups in total. The molecular weight excluding hydrogens is 410 g/mol. The molecule has 1 aliphatic heterocycles. The van der Waals surface area contributed by atoms with Crippen LogP contribution < -0.4 is 10.6 Å². The van der Waals surface area contributed by atoms with E-state index in [-0.39, 0.29) is 42.9 Å². The van der Waals surface area contributed by atoms with E-state index in [0.29, 0.717) is 12.1 Å². The highest BCUT2D eigenvalue weighted by Crippen LogP contribution is 2.25. The number of para-hydroxylation sites is 1. The maximum absolute atomic E-state index is 13.1. The number of nitrogens with zero attached hydrogens (tertiary/aromatic N) is 3. The largest absolute Gasteiger partial charge is 0.444 e. The zero-order valence-corrected chi connectivity index (χ0v) is 19.6. The highest BCUT2D eigenvalue weighted by atomic mass is 16.6. The third-order valence-corrected chi connectivity index (χ3v) is 5.40. The van der Waals surface area contributed by atoms with Crippen molar-refractivity contribution < 1.29 is 19.1 Å². The molecule has 1 aliphatic rings. The molecule has 1 fully saturated rings. The average Bonchev–Trinajstić information content (AvgIpc) is 3.28. The van der Waals surface area contributed by atoms with Gasteiger partial charge in [-0.1, -0.05) is 18.2 Å². The molecular formula is C23H33N5O4. The number of likely N-dealkylation sites (tertiary alicyclic amines) is 1. The smallest absolute Gasteiger partial charge is 0.410 e. The van der Waals surface area contributed by atoms with Gasteiger partial charge in [-0.25, -0.2) is 4.79 Å². The minimum Gasteiger partial charge on any atom is -0.444 e. The molecule has 0 spiro atoms. The topological polar surface area (TPSA) is 106 Å². The number of amides is 3. The molecule has 3 amide bonds. The first-order chi connectivity index (χ1) is 15.0. The lowest BCUT2D eigenvalue weighted by molar-refractivity contribution is -0.121. The van der Waals surface area contributed by atoms with Crippen molar-refractivity contribution >= 4 is 28.8 Å². The van der Waals surface area contributed by atoms with E-state index < -0.39 is 11.7 Å². The van der Waals surface area contributed by atoms with Crippen LogP contribution in [-0.2, 0) is 9.53 Å². The first-order valence-corrected chi connectivity index (χ1v) is 11.0. The van der Waals surface area contributed by atoms with Crippen LogP contribution in [0.3, 0.4) is 0 Å². The summed E-state index contributed by atoms with van der Waals surface area (Å²) in [5.41, 5.74) is 0.596. The Morgan fingerprint density at radius 1 is 1.22 bits per heavy atom. The summed E-state index contributed by atoms with van der Waals surface area (Å²) in [7, 11) is 1.56. The number of ether oxygens (including phenoxy) is 1. The molecule has 0 unspecified atom stereocenters. The van der Waals surface area contributed by atoms with Crippen LogP contribution >= 0.6 is 0 Å². The molecule has 1 aromatic carbocycles. The van der Waals surface area contributed by atoms with Crippen molar-refractivity contribution in [3.8, 4) is 0 Å². The monoisotopic (exact) mass is 443 g/mol. The number of carbonyl (C=O) groups excluding carboxylic acids is 3. The van der Waals surface area contributed by atoms with Gasteiger partial charge in [0.05, 0.1) is 5.52 Å². The lowest BCUT2D eigenvalue weighted by atomic mass is 10.1. The number of aromatic nitrogens is 2. The van der Waals surface area contributed by atoms with Gasteiger partial charge < -0.3 is 20.3 Å². The maximum atomic E-state index is 13.1. The quantitative estimate of drug-likeness (QED) is 0.739. The van der Waals surface area contributed by atoms with Gasteiger partial charge in [-0.15, -0.1) is 0 Å². The fourth-order valence-corrected chi connectivity index (χ4v) is 3.98. The summed E-state index contributed by atoms with van der Waals surface area (Å²) in [6, 6.07) is 7.05. The summed E-state index contributed by atoms with van der Waals surface area (Å²) in [6.07, 6.45) is 0.117. The van der Waals surface area contributed by atoms with E-state index in [1.807, 2.05) is 42.8 Å². The number of nitrogens with one attached hydrogen (secondary N) is 2. The van der Waals surface area contributed by atoms with E-state index in [4.69, 9.17) is 4.74 Å². The molecule has 2 heterocycles. The van der Waals surface area contributed by atoms with E-state index in [1.54, 1.807) is 27.8 Å². The Labute approximate surface area is 188 Å². The number of fused-ring (bicyclic) bond motifs is 1. The zero-order chi connectivity index (χ0) is 23.6. The molecule has 0 bridgehead atoms. The third kappa shape index (κ3) is 5.20. The molecule has 174 valence electrons. The standard InChI is InChI=1S/C23H33N5O4/c1-14(2)28-18-10-8-7-9-17(18)20(26-28)21(30)25-15-11-16(12-19(29)24-6)27(13-15)22(31)32-23(3,4)5/h7-10,14-16H,11-13H2,1-6H3,(H,24,29)(H,25,30)/t15-,16-/m0/s1. The Bertz CT molecular complexity index is 1010. The summed E-state index contributed by atoms with van der Waals surface area (Å²) in [5.74, 6) is -0.465. The van der Waals surface area contributed by atoms with Crippen LogP contribution in [0.4, 0.5) is 4.79 Å². The van der Waals surface area contributed by atoms with Gasteiger partial charge in [0.15, 0.2) is 5.69 Å². The normalized spacial score (nSPS) is 18.8. The summed E-state index contributed by atoms with van der Waals surface area (Å²) in [5, 5.41) is 10.9. The molecule has 9 heteroatoms. The number of rotatable bonds is 5. The molecule has 0 radical (unpaired) electrons. The number of hydrogen-bond donors (Lipinski definition) is 2. The van der Waals surface area contributed by atoms with Crippen LogP contribution in [0.15, 0.2) is 24.3 Å². The van der Waals surface area contributed by atoms with Gasteiger partial charge in [0, 0.05) is 43.5 Å². The molecule has 1 saturated heterocycles. The average molecular weight is 444 g/mol. The highest BCUT2D eigenvalue weighted by molar-refractivity contribution is 6.05. The van der Waals surface area contributed by atoms with E-state index in [0.717, 1.165) is 10.9 Å². The van der Waals surface area contributed by atoms with Gasteiger partial charge in [0.25, 0.3) is 5.91 Å². The summed E-state index contributed by atoms with van der Waals surface area (Å²) >= 11 is 0. The summed E-state index contributed by atoms with van der Waals surface area (Å²) < 4.78 is 7.35. The van der Waals surface area contributed by atoms with Crippen molar-refractivity contribution in [1.29, 1.82) is 0 Å². The predicted octanol–water partition coefficient (Wildman–Crippen LogP) is 2.86. The molecule has 0 saturated carbocycles. The fraction of sp³-hybridized carbons (Fsp3) is 0.565. The Balaban J connectivity index is 1.80. The Morgan fingerprint density at radius 3 is 2.53 bits per heavy atom. The number of hydrogen-bond acceptors (Lipinski definition) is 5. The van der Waals surface area contributed by atoms with Crippen LogP contribution in [0.5, 0.6) is 0 Å². The van der Waals surface area contributed by atoms with Crippen LogP contribution in [0, 0.1) is 0 Å².